The van der Waals surface area contributed by atoms with Gasteiger partial charge in [0.05, 0.1) is 22.2 Å². The van der Waals surface area contributed by atoms with Crippen molar-refractivity contribution in [2.45, 2.75) is 56.3 Å². The van der Waals surface area contributed by atoms with E-state index in [1.165, 1.54) is 6.07 Å². The number of aliphatic hydroxyl groups is 1. The van der Waals surface area contributed by atoms with Crippen molar-refractivity contribution in [3.63, 3.8) is 0 Å². The standard InChI is InChI=1S/C29H29ClF4N6O3/c30-17-9-16-23(22(34)20(17)21-18(32)10-19(33)25-24(21)36-27(35)43-25)37-28(38-26(16)39-6-1-3-15(41)4-8-39)42-13-29-5-2-7-40(29)12-14(31)11-29/h9-10,14-15,41H,1-8,11-13H2,(H2,35,36)/t14-,15?,29+/m1/s1. The lowest BCUT2D eigenvalue weighted by Gasteiger charge is -2.31. The minimum Gasteiger partial charge on any atom is -0.461 e. The van der Waals surface area contributed by atoms with Gasteiger partial charge in [-0.3, -0.25) is 4.90 Å². The van der Waals surface area contributed by atoms with Crippen molar-refractivity contribution in [1.29, 1.82) is 0 Å². The van der Waals surface area contributed by atoms with Gasteiger partial charge in [-0.15, -0.1) is 0 Å². The van der Waals surface area contributed by atoms with E-state index in [4.69, 9.17) is 26.5 Å². The predicted octanol–water partition coefficient (Wildman–Crippen LogP) is 5.40. The van der Waals surface area contributed by atoms with E-state index in [1.54, 1.807) is 0 Å². The Morgan fingerprint density at radius 2 is 1.88 bits per heavy atom. The van der Waals surface area contributed by atoms with Crippen molar-refractivity contribution >= 4 is 45.4 Å². The number of rotatable bonds is 5. The Kier molecular flexibility index (Phi) is 7.01. The van der Waals surface area contributed by atoms with Crippen LogP contribution in [0.15, 0.2) is 16.5 Å². The van der Waals surface area contributed by atoms with Crippen LogP contribution >= 0.6 is 11.6 Å². The minimum absolute atomic E-state index is 0.116. The smallest absolute Gasteiger partial charge is 0.319 e. The molecule has 7 rings (SSSR count). The Labute approximate surface area is 248 Å². The Morgan fingerprint density at radius 1 is 1.05 bits per heavy atom. The summed E-state index contributed by atoms with van der Waals surface area (Å²) in [6.45, 7) is 2.18. The van der Waals surface area contributed by atoms with Crippen LogP contribution in [0.3, 0.4) is 0 Å². The summed E-state index contributed by atoms with van der Waals surface area (Å²) in [5, 5.41) is 10.3. The maximum atomic E-state index is 16.6. The second kappa shape index (κ2) is 10.6. The molecule has 4 aromatic rings. The van der Waals surface area contributed by atoms with Crippen molar-refractivity contribution in [1.82, 2.24) is 19.9 Å². The van der Waals surface area contributed by atoms with Gasteiger partial charge in [0, 0.05) is 43.1 Å². The van der Waals surface area contributed by atoms with Crippen LogP contribution in [-0.2, 0) is 0 Å². The number of alkyl halides is 1. The van der Waals surface area contributed by atoms with Crippen molar-refractivity contribution < 1.29 is 31.8 Å². The molecule has 1 unspecified atom stereocenters. The maximum absolute atomic E-state index is 16.6. The van der Waals surface area contributed by atoms with Gasteiger partial charge < -0.3 is 24.9 Å². The number of fused-ring (bicyclic) bond motifs is 3. The number of hydrogen-bond donors (Lipinski definition) is 2. The van der Waals surface area contributed by atoms with Gasteiger partial charge in [0.25, 0.3) is 6.01 Å². The highest BCUT2D eigenvalue weighted by Gasteiger charge is 2.49. The Morgan fingerprint density at radius 3 is 2.72 bits per heavy atom. The molecule has 3 aliphatic heterocycles. The van der Waals surface area contributed by atoms with E-state index in [0.29, 0.717) is 57.2 Å². The van der Waals surface area contributed by atoms with Gasteiger partial charge in [-0.25, -0.2) is 17.6 Å². The summed E-state index contributed by atoms with van der Waals surface area (Å²) in [6, 6.07) is 1.43. The third kappa shape index (κ3) is 4.81. The monoisotopic (exact) mass is 620 g/mol. The zero-order valence-corrected chi connectivity index (χ0v) is 23.8. The van der Waals surface area contributed by atoms with Crippen LogP contribution in [0.5, 0.6) is 6.01 Å². The van der Waals surface area contributed by atoms with Crippen LogP contribution in [0.4, 0.5) is 29.4 Å². The van der Waals surface area contributed by atoms with E-state index in [0.717, 1.165) is 19.4 Å². The summed E-state index contributed by atoms with van der Waals surface area (Å²) in [7, 11) is 0. The fraction of sp³-hybridized carbons (Fsp3) is 0.483. The maximum Gasteiger partial charge on any atom is 0.319 e. The third-order valence-electron chi connectivity index (χ3n) is 8.91. The summed E-state index contributed by atoms with van der Waals surface area (Å²) in [6.07, 6.45) is 2.29. The average Bonchev–Trinajstić information content (AvgIpc) is 3.57. The van der Waals surface area contributed by atoms with E-state index >= 15 is 8.78 Å². The predicted molar refractivity (Wildman–Crippen MR) is 152 cm³/mol. The normalized spacial score (nSPS) is 24.7. The van der Waals surface area contributed by atoms with Crippen molar-refractivity contribution in [3.05, 3.63) is 34.6 Å². The summed E-state index contributed by atoms with van der Waals surface area (Å²) < 4.78 is 72.0. The number of aromatic nitrogens is 3. The lowest BCUT2D eigenvalue weighted by molar-refractivity contribution is 0.107. The summed E-state index contributed by atoms with van der Waals surface area (Å²) in [5.74, 6) is -2.82. The molecule has 3 saturated heterocycles. The molecule has 0 bridgehead atoms. The highest BCUT2D eigenvalue weighted by Crippen LogP contribution is 2.44. The van der Waals surface area contributed by atoms with Crippen LogP contribution in [0.25, 0.3) is 33.1 Å². The van der Waals surface area contributed by atoms with Crippen LogP contribution in [0.1, 0.15) is 38.5 Å². The van der Waals surface area contributed by atoms with Crippen molar-refractivity contribution in [3.8, 4) is 17.1 Å². The van der Waals surface area contributed by atoms with Crippen LogP contribution in [0, 0.1) is 17.5 Å². The molecule has 9 nitrogen and oxygen atoms in total. The molecule has 228 valence electrons. The van der Waals surface area contributed by atoms with Crippen LogP contribution in [0.2, 0.25) is 5.02 Å². The molecule has 0 saturated carbocycles. The first-order chi connectivity index (χ1) is 20.6. The first kappa shape index (κ1) is 28.4. The van der Waals surface area contributed by atoms with Crippen molar-refractivity contribution in [2.24, 2.45) is 0 Å². The molecule has 3 aliphatic rings. The Bertz CT molecular complexity index is 1740. The van der Waals surface area contributed by atoms with E-state index in [1.807, 2.05) is 4.90 Å². The number of nitrogens with zero attached hydrogens (tertiary/aromatic N) is 5. The Balaban J connectivity index is 1.38. The largest absolute Gasteiger partial charge is 0.461 e. The number of halogens is 5. The fourth-order valence-electron chi connectivity index (χ4n) is 6.90. The van der Waals surface area contributed by atoms with Crippen molar-refractivity contribution in [2.75, 3.05) is 43.4 Å². The Hall–Kier alpha value is -3.42. The molecule has 5 heterocycles. The van der Waals surface area contributed by atoms with E-state index in [2.05, 4.69) is 19.9 Å². The van der Waals surface area contributed by atoms with E-state index < -0.39 is 58.0 Å². The molecule has 3 N–H and O–H groups in total. The van der Waals surface area contributed by atoms with Gasteiger partial charge in [-0.05, 0) is 44.7 Å². The third-order valence-corrected chi connectivity index (χ3v) is 9.21. The zero-order valence-electron chi connectivity index (χ0n) is 23.1. The number of ether oxygens (including phenoxy) is 1. The molecule has 3 atom stereocenters. The van der Waals surface area contributed by atoms with E-state index in [9.17, 15) is 13.9 Å². The first-order valence-electron chi connectivity index (χ1n) is 14.3. The number of benzene rings is 2. The quantitative estimate of drug-likeness (QED) is 0.283. The number of aliphatic hydroxyl groups excluding tert-OH is 1. The molecular weight excluding hydrogens is 592 g/mol. The highest BCUT2D eigenvalue weighted by atomic mass is 35.5. The highest BCUT2D eigenvalue weighted by molar-refractivity contribution is 6.35. The minimum atomic E-state index is -1.12. The lowest BCUT2D eigenvalue weighted by Crippen LogP contribution is -2.43. The van der Waals surface area contributed by atoms with E-state index in [-0.39, 0.29) is 34.1 Å². The van der Waals surface area contributed by atoms with Gasteiger partial charge in [0.2, 0.25) is 0 Å². The molecule has 14 heteroatoms. The number of oxazole rings is 1. The molecule has 0 spiro atoms. The number of hydrogen-bond acceptors (Lipinski definition) is 9. The molecule has 3 fully saturated rings. The lowest BCUT2D eigenvalue weighted by atomic mass is 9.95. The van der Waals surface area contributed by atoms with Gasteiger partial charge in [0.1, 0.15) is 35.4 Å². The topological polar surface area (TPSA) is 114 Å². The van der Waals surface area contributed by atoms with Gasteiger partial charge in [-0.2, -0.15) is 15.0 Å². The SMILES string of the molecule is Nc1nc2c(-c3c(Cl)cc4c(N5CCCC(O)CC5)nc(OC[C@@]56CCCN5C[C@H](F)C6)nc4c3F)c(F)cc(F)c2o1. The average molecular weight is 621 g/mol. The molecule has 2 aromatic carbocycles. The summed E-state index contributed by atoms with van der Waals surface area (Å²) in [4.78, 5) is 16.9. The second-order valence-electron chi connectivity index (χ2n) is 11.7. The van der Waals surface area contributed by atoms with Gasteiger partial charge in [-0.1, -0.05) is 11.6 Å². The fourth-order valence-corrected chi connectivity index (χ4v) is 7.19. The first-order valence-corrected chi connectivity index (χ1v) is 14.7. The molecule has 0 radical (unpaired) electrons. The zero-order chi connectivity index (χ0) is 30.0. The van der Waals surface area contributed by atoms with Gasteiger partial charge >= 0.3 is 6.01 Å². The molecule has 0 aliphatic carbocycles. The van der Waals surface area contributed by atoms with Crippen LogP contribution in [-0.4, -0.2) is 75.6 Å². The molecule has 2 aromatic heterocycles. The van der Waals surface area contributed by atoms with Crippen LogP contribution < -0.4 is 15.4 Å². The number of nitrogens with two attached hydrogens (primary N) is 1. The molecule has 43 heavy (non-hydrogen) atoms. The van der Waals surface area contributed by atoms with Gasteiger partial charge in [0.15, 0.2) is 17.2 Å². The summed E-state index contributed by atoms with van der Waals surface area (Å²) in [5.41, 5.74) is 3.32. The number of nitrogen functional groups attached to an aromatic ring is 1. The molecule has 0 amide bonds. The second-order valence-corrected chi connectivity index (χ2v) is 12.1. The summed E-state index contributed by atoms with van der Waals surface area (Å²) >= 11 is 6.61. The molecular formula is C29H29ClF4N6O3. The number of anilines is 2.